The predicted octanol–water partition coefficient (Wildman–Crippen LogP) is 1.44. The number of pyridine rings is 1. The zero-order valence-electron chi connectivity index (χ0n) is 12.3. The molecule has 1 fully saturated rings. The highest BCUT2D eigenvalue weighted by Crippen LogP contribution is 2.68. The Hall–Kier alpha value is -1.94. The Morgan fingerprint density at radius 1 is 1.29 bits per heavy atom. The summed E-state index contributed by atoms with van der Waals surface area (Å²) in [5, 5.41) is 8.77. The van der Waals surface area contributed by atoms with Crippen LogP contribution in [-0.2, 0) is 14.8 Å². The lowest BCUT2D eigenvalue weighted by Crippen LogP contribution is -2.33. The minimum absolute atomic E-state index is 0.123. The second-order valence-electron chi connectivity index (χ2n) is 6.37. The number of sulfonamides is 1. The van der Waals surface area contributed by atoms with Gasteiger partial charge in [0.25, 0.3) is 10.0 Å². The monoisotopic (exact) mass is 307 g/mol. The first-order chi connectivity index (χ1) is 9.54. The average molecular weight is 307 g/mol. The number of nitrogens with zero attached hydrogens (tertiary/aromatic N) is 2. The third kappa shape index (κ3) is 2.40. The lowest BCUT2D eigenvalue weighted by molar-refractivity contribution is -0.121. The molecule has 1 aliphatic carbocycles. The molecule has 1 N–H and O–H groups in total. The average Bonchev–Trinajstić information content (AvgIpc) is 2.79. The zero-order valence-corrected chi connectivity index (χ0v) is 13.2. The van der Waals surface area contributed by atoms with Crippen LogP contribution in [0.25, 0.3) is 0 Å². The van der Waals surface area contributed by atoms with E-state index in [2.05, 4.69) is 9.71 Å². The summed E-state index contributed by atoms with van der Waals surface area (Å²) in [5.41, 5.74) is -0.379. The van der Waals surface area contributed by atoms with Gasteiger partial charge in [-0.2, -0.15) is 5.26 Å². The van der Waals surface area contributed by atoms with E-state index in [1.807, 2.05) is 33.8 Å². The van der Waals surface area contributed by atoms with Crippen molar-refractivity contribution in [3.05, 3.63) is 24.0 Å². The molecule has 1 aromatic rings. The van der Waals surface area contributed by atoms with Crippen molar-refractivity contribution in [3.63, 3.8) is 0 Å². The van der Waals surface area contributed by atoms with Crippen molar-refractivity contribution >= 4 is 15.9 Å². The first kappa shape index (κ1) is 15.4. The van der Waals surface area contributed by atoms with Crippen LogP contribution < -0.4 is 4.72 Å². The van der Waals surface area contributed by atoms with E-state index in [4.69, 9.17) is 5.26 Å². The molecule has 7 heteroatoms. The van der Waals surface area contributed by atoms with Gasteiger partial charge in [0.05, 0.1) is 11.5 Å². The van der Waals surface area contributed by atoms with Gasteiger partial charge in [0, 0.05) is 12.4 Å². The summed E-state index contributed by atoms with van der Waals surface area (Å²) in [7, 11) is -4.01. The van der Waals surface area contributed by atoms with Crippen LogP contribution in [0.2, 0.25) is 0 Å². The SMILES string of the molecule is CC1(C)C(C(=O)NS(=O)(=O)c2cncc(C#N)c2)C1(C)C. The number of carbonyl (C=O) groups excluding carboxylic acids is 1. The fourth-order valence-corrected chi connectivity index (χ4v) is 3.71. The van der Waals surface area contributed by atoms with Crippen LogP contribution in [0.4, 0.5) is 0 Å². The molecule has 0 atom stereocenters. The van der Waals surface area contributed by atoms with E-state index in [1.165, 1.54) is 12.3 Å². The van der Waals surface area contributed by atoms with Crippen LogP contribution in [0.3, 0.4) is 0 Å². The van der Waals surface area contributed by atoms with Gasteiger partial charge in [0.15, 0.2) is 0 Å². The number of hydrogen-bond donors (Lipinski definition) is 1. The van der Waals surface area contributed by atoms with E-state index in [0.717, 1.165) is 6.20 Å². The lowest BCUT2D eigenvalue weighted by atomic mass is 10.0. The van der Waals surface area contributed by atoms with Crippen molar-refractivity contribution in [2.75, 3.05) is 0 Å². The molecule has 1 aliphatic rings. The van der Waals surface area contributed by atoms with Gasteiger partial charge in [-0.05, 0) is 16.9 Å². The van der Waals surface area contributed by atoms with Crippen LogP contribution in [0.1, 0.15) is 33.3 Å². The van der Waals surface area contributed by atoms with E-state index in [-0.39, 0.29) is 27.2 Å². The number of aromatic nitrogens is 1. The Morgan fingerprint density at radius 3 is 2.33 bits per heavy atom. The molecule has 2 rings (SSSR count). The molecular weight excluding hydrogens is 290 g/mol. The maximum atomic E-state index is 12.2. The maximum absolute atomic E-state index is 12.2. The van der Waals surface area contributed by atoms with Crippen molar-refractivity contribution in [2.24, 2.45) is 16.7 Å². The minimum atomic E-state index is -4.01. The first-order valence-electron chi connectivity index (χ1n) is 6.46. The van der Waals surface area contributed by atoms with Gasteiger partial charge in [0.1, 0.15) is 11.0 Å². The summed E-state index contributed by atoms with van der Waals surface area (Å²) < 4.78 is 26.4. The first-order valence-corrected chi connectivity index (χ1v) is 7.94. The standard InChI is InChI=1S/C14H17N3O3S/c1-13(2)11(14(13,3)4)12(18)17-21(19,20)10-5-9(6-15)7-16-8-10/h5,7-8,11H,1-4H3,(H,17,18). The number of hydrogen-bond acceptors (Lipinski definition) is 5. The Bertz CT molecular complexity index is 731. The molecular formula is C14H17N3O3S. The van der Waals surface area contributed by atoms with Crippen molar-refractivity contribution < 1.29 is 13.2 Å². The molecule has 21 heavy (non-hydrogen) atoms. The van der Waals surface area contributed by atoms with Crippen LogP contribution in [0.5, 0.6) is 0 Å². The Labute approximate surface area is 124 Å². The molecule has 0 spiro atoms. The number of amides is 1. The van der Waals surface area contributed by atoms with E-state index in [1.54, 1.807) is 0 Å². The zero-order chi connectivity index (χ0) is 16.1. The Balaban J connectivity index is 2.23. The van der Waals surface area contributed by atoms with E-state index in [0.29, 0.717) is 0 Å². The fraction of sp³-hybridized carbons (Fsp3) is 0.500. The molecule has 0 unspecified atom stereocenters. The second kappa shape index (κ2) is 4.53. The molecule has 112 valence electrons. The largest absolute Gasteiger partial charge is 0.274 e. The second-order valence-corrected chi connectivity index (χ2v) is 8.05. The van der Waals surface area contributed by atoms with Crippen molar-refractivity contribution in [1.82, 2.24) is 9.71 Å². The smallest absolute Gasteiger partial charge is 0.265 e. The Kier molecular flexibility index (Phi) is 3.33. The van der Waals surface area contributed by atoms with Crippen LogP contribution in [0.15, 0.2) is 23.4 Å². The van der Waals surface area contributed by atoms with Crippen LogP contribution in [-0.4, -0.2) is 19.3 Å². The summed E-state index contributed by atoms with van der Waals surface area (Å²) in [4.78, 5) is 15.7. The molecule has 0 bridgehead atoms. The molecule has 0 aliphatic heterocycles. The highest BCUT2D eigenvalue weighted by Gasteiger charge is 2.68. The molecule has 0 radical (unpaired) electrons. The number of nitrogens with one attached hydrogen (secondary N) is 1. The normalized spacial score (nSPS) is 19.6. The van der Waals surface area contributed by atoms with Gasteiger partial charge in [0.2, 0.25) is 5.91 Å². The quantitative estimate of drug-likeness (QED) is 0.910. The lowest BCUT2D eigenvalue weighted by Gasteiger charge is -2.07. The van der Waals surface area contributed by atoms with Crippen LogP contribution in [0, 0.1) is 28.1 Å². The van der Waals surface area contributed by atoms with E-state index in [9.17, 15) is 13.2 Å². The molecule has 1 amide bonds. The van der Waals surface area contributed by atoms with Crippen molar-refractivity contribution in [2.45, 2.75) is 32.6 Å². The van der Waals surface area contributed by atoms with Crippen molar-refractivity contribution in [3.8, 4) is 6.07 Å². The Morgan fingerprint density at radius 2 is 1.86 bits per heavy atom. The molecule has 6 nitrogen and oxygen atoms in total. The number of rotatable bonds is 3. The highest BCUT2D eigenvalue weighted by molar-refractivity contribution is 7.90. The molecule has 0 saturated heterocycles. The van der Waals surface area contributed by atoms with Gasteiger partial charge in [-0.1, -0.05) is 27.7 Å². The molecule has 0 aromatic carbocycles. The van der Waals surface area contributed by atoms with Gasteiger partial charge < -0.3 is 0 Å². The van der Waals surface area contributed by atoms with E-state index < -0.39 is 15.9 Å². The highest BCUT2D eigenvalue weighted by atomic mass is 32.2. The maximum Gasteiger partial charge on any atom is 0.265 e. The number of carbonyl (C=O) groups is 1. The third-order valence-corrected chi connectivity index (χ3v) is 5.98. The minimum Gasteiger partial charge on any atom is -0.274 e. The van der Waals surface area contributed by atoms with Gasteiger partial charge in [-0.25, -0.2) is 13.1 Å². The van der Waals surface area contributed by atoms with E-state index >= 15 is 0 Å². The summed E-state index contributed by atoms with van der Waals surface area (Å²) in [6.07, 6.45) is 2.37. The molecule has 1 saturated carbocycles. The third-order valence-electron chi connectivity index (χ3n) is 4.67. The predicted molar refractivity (Wildman–Crippen MR) is 75.3 cm³/mol. The fourth-order valence-electron chi connectivity index (χ4n) is 2.73. The molecule has 1 aromatic heterocycles. The summed E-state index contributed by atoms with van der Waals surface area (Å²) in [6.45, 7) is 7.73. The van der Waals surface area contributed by atoms with Gasteiger partial charge in [-0.15, -0.1) is 0 Å². The topological polar surface area (TPSA) is 99.9 Å². The van der Waals surface area contributed by atoms with Crippen LogP contribution >= 0.6 is 0 Å². The molecule has 1 heterocycles. The number of nitriles is 1. The van der Waals surface area contributed by atoms with Gasteiger partial charge >= 0.3 is 0 Å². The summed E-state index contributed by atoms with van der Waals surface area (Å²) >= 11 is 0. The summed E-state index contributed by atoms with van der Waals surface area (Å²) in [6, 6.07) is 3.00. The summed E-state index contributed by atoms with van der Waals surface area (Å²) in [5.74, 6) is -0.890. The van der Waals surface area contributed by atoms with Crippen molar-refractivity contribution in [1.29, 1.82) is 5.26 Å². The van der Waals surface area contributed by atoms with Gasteiger partial charge in [-0.3, -0.25) is 9.78 Å².